The molecule has 0 saturated carbocycles. The Bertz CT molecular complexity index is 819. The molecule has 0 bridgehead atoms. The van der Waals surface area contributed by atoms with Crippen LogP contribution in [0.1, 0.15) is 19.4 Å². The number of nitrogens with zero attached hydrogens (tertiary/aromatic N) is 1. The minimum atomic E-state index is -0.778. The summed E-state index contributed by atoms with van der Waals surface area (Å²) in [5, 5.41) is 31.7. The summed E-state index contributed by atoms with van der Waals surface area (Å²) in [6.07, 6.45) is 0. The van der Waals surface area contributed by atoms with Crippen molar-refractivity contribution < 1.29 is 29.5 Å². The van der Waals surface area contributed by atoms with Crippen molar-refractivity contribution in [2.75, 3.05) is 0 Å². The number of nitro groups is 1. The molecule has 0 spiro atoms. The molecule has 0 aliphatic carbocycles. The Kier molecular flexibility index (Phi) is 5.05. The minimum absolute atomic E-state index is 0.0771. The summed E-state index contributed by atoms with van der Waals surface area (Å²) < 4.78 is 5.02. The van der Waals surface area contributed by atoms with E-state index in [0.717, 1.165) is 0 Å². The zero-order valence-electron chi connectivity index (χ0n) is 12.9. The molecule has 0 aliphatic rings. The maximum absolute atomic E-state index is 11.6. The lowest BCUT2D eigenvalue weighted by atomic mass is 10.0. The molecule has 0 saturated heterocycles. The zero-order chi connectivity index (χ0) is 18.0. The van der Waals surface area contributed by atoms with E-state index in [1.807, 2.05) is 0 Å². The van der Waals surface area contributed by atoms with Crippen LogP contribution in [-0.2, 0) is 16.1 Å². The van der Waals surface area contributed by atoms with Gasteiger partial charge in [0.15, 0.2) is 11.5 Å². The van der Waals surface area contributed by atoms with Crippen LogP contribution in [0.2, 0.25) is 0 Å². The van der Waals surface area contributed by atoms with E-state index >= 15 is 0 Å². The van der Waals surface area contributed by atoms with E-state index in [2.05, 4.69) is 0 Å². The smallest absolute Gasteiger partial charge is 0.308 e. The Balaban J connectivity index is 2.57. The van der Waals surface area contributed by atoms with Crippen LogP contribution in [0.3, 0.4) is 0 Å². The zero-order valence-corrected chi connectivity index (χ0v) is 13.9. The standard InChI is InChI=1S/C15H15NO7Si/c1-7(2)15(19)23-6-9-3-10-8(4-11(9)16(20)21)5-12(24-22)14(18)13(10)17/h3-5,7,17-18,22H,6H2,1-2H3. The van der Waals surface area contributed by atoms with Crippen molar-refractivity contribution in [1.82, 2.24) is 0 Å². The van der Waals surface area contributed by atoms with Gasteiger partial charge >= 0.3 is 5.97 Å². The van der Waals surface area contributed by atoms with Crippen LogP contribution in [0.25, 0.3) is 10.8 Å². The Morgan fingerprint density at radius 1 is 1.29 bits per heavy atom. The van der Waals surface area contributed by atoms with Crippen molar-refractivity contribution in [3.8, 4) is 11.5 Å². The Morgan fingerprint density at radius 2 is 1.96 bits per heavy atom. The van der Waals surface area contributed by atoms with Crippen LogP contribution in [0.15, 0.2) is 18.2 Å². The number of hydrogen-bond acceptors (Lipinski definition) is 7. The van der Waals surface area contributed by atoms with Crippen LogP contribution < -0.4 is 5.19 Å². The second kappa shape index (κ2) is 6.85. The third-order valence-electron chi connectivity index (χ3n) is 3.44. The van der Waals surface area contributed by atoms with Crippen molar-refractivity contribution in [2.45, 2.75) is 20.5 Å². The molecule has 0 aromatic heterocycles. The van der Waals surface area contributed by atoms with Crippen LogP contribution in [-0.4, -0.2) is 35.7 Å². The Labute approximate surface area is 139 Å². The minimum Gasteiger partial charge on any atom is -0.504 e. The van der Waals surface area contributed by atoms with Gasteiger partial charge in [0, 0.05) is 16.6 Å². The van der Waals surface area contributed by atoms with Crippen LogP contribution >= 0.6 is 0 Å². The van der Waals surface area contributed by atoms with Gasteiger partial charge in [-0.1, -0.05) is 13.8 Å². The molecule has 0 amide bonds. The number of carbonyl (C=O) groups is 1. The second-order valence-electron chi connectivity index (χ2n) is 5.45. The summed E-state index contributed by atoms with van der Waals surface area (Å²) in [5.41, 5.74) is -0.188. The van der Waals surface area contributed by atoms with E-state index in [9.17, 15) is 29.9 Å². The van der Waals surface area contributed by atoms with Gasteiger partial charge in [0.1, 0.15) is 6.61 Å². The molecule has 24 heavy (non-hydrogen) atoms. The maximum Gasteiger partial charge on any atom is 0.308 e. The lowest BCUT2D eigenvalue weighted by Crippen LogP contribution is -2.14. The monoisotopic (exact) mass is 349 g/mol. The Morgan fingerprint density at radius 3 is 2.50 bits per heavy atom. The highest BCUT2D eigenvalue weighted by Crippen LogP contribution is 2.36. The van der Waals surface area contributed by atoms with Crippen LogP contribution in [0, 0.1) is 16.0 Å². The fourth-order valence-electron chi connectivity index (χ4n) is 2.14. The fourth-order valence-corrected chi connectivity index (χ4v) is 2.58. The first-order valence-corrected chi connectivity index (χ1v) is 7.93. The van der Waals surface area contributed by atoms with E-state index in [4.69, 9.17) is 4.74 Å². The summed E-state index contributed by atoms with van der Waals surface area (Å²) in [6.45, 7) is 2.95. The summed E-state index contributed by atoms with van der Waals surface area (Å²) >= 11 is 0. The van der Waals surface area contributed by atoms with Gasteiger partial charge < -0.3 is 19.7 Å². The molecule has 0 heterocycles. The van der Waals surface area contributed by atoms with Crippen molar-refractivity contribution in [2.24, 2.45) is 5.92 Å². The summed E-state index contributed by atoms with van der Waals surface area (Å²) in [4.78, 5) is 31.4. The normalized spacial score (nSPS) is 11.0. The van der Waals surface area contributed by atoms with Gasteiger partial charge in [-0.3, -0.25) is 14.9 Å². The average molecular weight is 349 g/mol. The Hall–Kier alpha value is -2.65. The van der Waals surface area contributed by atoms with Crippen LogP contribution in [0.4, 0.5) is 5.69 Å². The third kappa shape index (κ3) is 3.31. The second-order valence-corrected chi connectivity index (χ2v) is 6.22. The van der Waals surface area contributed by atoms with Gasteiger partial charge in [-0.15, -0.1) is 0 Å². The average Bonchev–Trinajstić information content (AvgIpc) is 2.54. The molecule has 2 aromatic carbocycles. The highest BCUT2D eigenvalue weighted by Gasteiger charge is 2.21. The van der Waals surface area contributed by atoms with Crippen molar-refractivity contribution in [3.05, 3.63) is 33.9 Å². The molecule has 2 aromatic rings. The van der Waals surface area contributed by atoms with E-state index in [1.54, 1.807) is 13.8 Å². The third-order valence-corrected chi connectivity index (χ3v) is 4.07. The predicted molar refractivity (Wildman–Crippen MR) is 86.2 cm³/mol. The number of hydrogen-bond donors (Lipinski definition) is 3. The largest absolute Gasteiger partial charge is 0.504 e. The van der Waals surface area contributed by atoms with E-state index in [-0.39, 0.29) is 39.7 Å². The number of rotatable bonds is 5. The SMILES string of the molecule is CC(C)C(=O)OCc1cc2c(O)c(O)c([Si]O)cc2cc1[N+](=O)[O-]. The molecule has 126 valence electrons. The van der Waals surface area contributed by atoms with Gasteiger partial charge in [-0.05, 0) is 17.5 Å². The van der Waals surface area contributed by atoms with E-state index in [0.29, 0.717) is 0 Å². The number of esters is 1. The van der Waals surface area contributed by atoms with Gasteiger partial charge in [-0.2, -0.15) is 0 Å². The first kappa shape index (κ1) is 17.7. The van der Waals surface area contributed by atoms with Gasteiger partial charge in [0.25, 0.3) is 15.5 Å². The molecular formula is C15H15NO7Si. The van der Waals surface area contributed by atoms with Crippen molar-refractivity contribution >= 4 is 37.4 Å². The molecule has 9 heteroatoms. The number of fused-ring (bicyclic) bond motifs is 1. The molecule has 0 fully saturated rings. The first-order valence-electron chi connectivity index (χ1n) is 6.99. The fraction of sp³-hybridized carbons (Fsp3) is 0.267. The first-order chi connectivity index (χ1) is 11.3. The summed E-state index contributed by atoms with van der Waals surface area (Å²) in [5.74, 6) is -1.86. The molecule has 2 radical (unpaired) electrons. The number of aromatic hydroxyl groups is 2. The number of carbonyl (C=O) groups excluding carboxylic acids is 1. The highest BCUT2D eigenvalue weighted by atomic mass is 28.2. The molecule has 0 unspecified atom stereocenters. The number of benzene rings is 2. The van der Waals surface area contributed by atoms with Gasteiger partial charge in [0.2, 0.25) is 0 Å². The quantitative estimate of drug-likeness (QED) is 0.242. The van der Waals surface area contributed by atoms with Crippen molar-refractivity contribution in [3.63, 3.8) is 0 Å². The molecule has 2 rings (SSSR count). The predicted octanol–water partition coefficient (Wildman–Crippen LogP) is 1.10. The van der Waals surface area contributed by atoms with Gasteiger partial charge in [-0.25, -0.2) is 0 Å². The molecule has 0 aliphatic heterocycles. The maximum atomic E-state index is 11.6. The molecule has 3 N–H and O–H groups in total. The van der Waals surface area contributed by atoms with Crippen LogP contribution in [0.5, 0.6) is 11.5 Å². The van der Waals surface area contributed by atoms with E-state index < -0.39 is 32.2 Å². The summed E-state index contributed by atoms with van der Waals surface area (Å²) in [7, 11) is -0.778. The van der Waals surface area contributed by atoms with Crippen molar-refractivity contribution in [1.29, 1.82) is 0 Å². The number of nitro benzene ring substituents is 1. The molecular weight excluding hydrogens is 334 g/mol. The summed E-state index contributed by atoms with van der Waals surface area (Å²) in [6, 6.07) is 3.86. The topological polar surface area (TPSA) is 130 Å². The van der Waals surface area contributed by atoms with Gasteiger partial charge in [0.05, 0.1) is 16.4 Å². The van der Waals surface area contributed by atoms with E-state index in [1.165, 1.54) is 18.2 Å². The molecule has 0 atom stereocenters. The lowest BCUT2D eigenvalue weighted by molar-refractivity contribution is -0.385. The number of ether oxygens (including phenoxy) is 1. The lowest BCUT2D eigenvalue weighted by Gasteiger charge is -2.11. The molecule has 8 nitrogen and oxygen atoms in total. The number of phenols is 2. The highest BCUT2D eigenvalue weighted by molar-refractivity contribution is 6.47. The number of phenolic OH excluding ortho intramolecular Hbond substituents is 2.